The van der Waals surface area contributed by atoms with E-state index in [0.29, 0.717) is 0 Å². The van der Waals surface area contributed by atoms with Gasteiger partial charge in [-0.1, -0.05) is 19.8 Å². The van der Waals surface area contributed by atoms with Crippen LogP contribution in [0, 0.1) is 17.3 Å². The van der Waals surface area contributed by atoms with E-state index in [2.05, 4.69) is 0 Å². The molecule has 96 valence electrons. The molecule has 0 aromatic rings. The van der Waals surface area contributed by atoms with Crippen molar-refractivity contribution in [1.82, 2.24) is 0 Å². The number of ether oxygens (including phenoxy) is 1. The van der Waals surface area contributed by atoms with Gasteiger partial charge in [0.25, 0.3) is 0 Å². The largest absolute Gasteiger partial charge is 0.465 e. The summed E-state index contributed by atoms with van der Waals surface area (Å²) in [6.07, 6.45) is 3.37. The molecular weight excluding hydrogens is 220 g/mol. The van der Waals surface area contributed by atoms with Gasteiger partial charge in [-0.15, -0.1) is 0 Å². The van der Waals surface area contributed by atoms with Gasteiger partial charge >= 0.3 is 5.97 Å². The quantitative estimate of drug-likeness (QED) is 0.386. The van der Waals surface area contributed by atoms with Gasteiger partial charge in [0.2, 0.25) is 0 Å². The van der Waals surface area contributed by atoms with E-state index in [4.69, 9.17) is 4.74 Å². The van der Waals surface area contributed by atoms with E-state index in [9.17, 15) is 14.4 Å². The maximum Gasteiger partial charge on any atom is 0.320 e. The Kier molecular flexibility index (Phi) is 4.43. The fourth-order valence-corrected chi connectivity index (χ4v) is 2.70. The number of carbonyl (C=O) groups is 3. The first-order valence-corrected chi connectivity index (χ1v) is 6.20. The van der Waals surface area contributed by atoms with Gasteiger partial charge < -0.3 is 9.53 Å². The summed E-state index contributed by atoms with van der Waals surface area (Å²) >= 11 is 0. The number of ketones is 1. The number of Topliss-reactive ketones (excluding diaryl/α,β-unsaturated/α-hetero) is 1. The minimum absolute atomic E-state index is 0.156. The molecule has 4 heteroatoms. The molecule has 0 saturated heterocycles. The van der Waals surface area contributed by atoms with E-state index in [0.717, 1.165) is 25.5 Å². The molecule has 0 aliphatic heterocycles. The first-order valence-electron chi connectivity index (χ1n) is 6.20. The molecular formula is C13H20O4. The summed E-state index contributed by atoms with van der Waals surface area (Å²) in [6, 6.07) is 0. The van der Waals surface area contributed by atoms with Crippen LogP contribution in [0.25, 0.3) is 0 Å². The van der Waals surface area contributed by atoms with E-state index in [-0.39, 0.29) is 18.3 Å². The van der Waals surface area contributed by atoms with Crippen molar-refractivity contribution < 1.29 is 19.1 Å². The van der Waals surface area contributed by atoms with Crippen molar-refractivity contribution >= 4 is 18.0 Å². The van der Waals surface area contributed by atoms with Crippen LogP contribution in [-0.4, -0.2) is 24.6 Å². The first-order chi connectivity index (χ1) is 8.07. The highest BCUT2D eigenvalue weighted by Gasteiger charge is 2.73. The molecule has 17 heavy (non-hydrogen) atoms. The molecule has 1 saturated carbocycles. The summed E-state index contributed by atoms with van der Waals surface area (Å²) in [6.45, 7) is 5.35. The van der Waals surface area contributed by atoms with E-state index < -0.39 is 17.3 Å². The average Bonchev–Trinajstić information content (AvgIpc) is 2.95. The van der Waals surface area contributed by atoms with Crippen molar-refractivity contribution in [2.45, 2.75) is 40.0 Å². The van der Waals surface area contributed by atoms with Gasteiger partial charge in [0.05, 0.1) is 6.61 Å². The van der Waals surface area contributed by atoms with Crippen LogP contribution in [0.2, 0.25) is 0 Å². The van der Waals surface area contributed by atoms with Gasteiger partial charge in [0.15, 0.2) is 0 Å². The average molecular weight is 240 g/mol. The number of hydrogen-bond donors (Lipinski definition) is 0. The Morgan fingerprint density at radius 2 is 2.00 bits per heavy atom. The fraction of sp³-hybridized carbons (Fsp3) is 0.769. The van der Waals surface area contributed by atoms with E-state index in [1.54, 1.807) is 6.92 Å². The zero-order valence-corrected chi connectivity index (χ0v) is 10.7. The molecule has 0 bridgehead atoms. The molecule has 1 aliphatic carbocycles. The van der Waals surface area contributed by atoms with Crippen molar-refractivity contribution in [2.24, 2.45) is 17.3 Å². The monoisotopic (exact) mass is 240 g/mol. The molecule has 0 amide bonds. The second-order valence-corrected chi connectivity index (χ2v) is 4.56. The van der Waals surface area contributed by atoms with E-state index >= 15 is 0 Å². The van der Waals surface area contributed by atoms with E-state index in [1.165, 1.54) is 6.92 Å². The molecule has 0 radical (unpaired) electrons. The summed E-state index contributed by atoms with van der Waals surface area (Å²) in [5.41, 5.74) is -1.17. The number of esters is 1. The van der Waals surface area contributed by atoms with Crippen LogP contribution in [0.5, 0.6) is 0 Å². The van der Waals surface area contributed by atoms with Crippen LogP contribution in [0.3, 0.4) is 0 Å². The molecule has 0 N–H and O–H groups in total. The summed E-state index contributed by atoms with van der Waals surface area (Å²) in [7, 11) is 0. The van der Waals surface area contributed by atoms with Crippen molar-refractivity contribution in [3.05, 3.63) is 0 Å². The second kappa shape index (κ2) is 5.43. The third-order valence-electron chi connectivity index (χ3n) is 3.65. The highest BCUT2D eigenvalue weighted by atomic mass is 16.5. The van der Waals surface area contributed by atoms with Crippen LogP contribution < -0.4 is 0 Å². The Balaban J connectivity index is 2.89. The molecule has 4 nitrogen and oxygen atoms in total. The molecule has 0 unspecified atom stereocenters. The lowest BCUT2D eigenvalue weighted by atomic mass is 9.95. The fourth-order valence-electron chi connectivity index (χ4n) is 2.70. The lowest BCUT2D eigenvalue weighted by molar-refractivity contribution is -0.155. The third-order valence-corrected chi connectivity index (χ3v) is 3.65. The van der Waals surface area contributed by atoms with Crippen molar-refractivity contribution in [3.8, 4) is 0 Å². The molecule has 0 spiro atoms. The number of unbranched alkanes of at least 4 members (excludes halogenated alkanes) is 1. The zero-order valence-electron chi connectivity index (χ0n) is 10.7. The lowest BCUT2D eigenvalue weighted by Gasteiger charge is -2.12. The Labute approximate surface area is 102 Å². The topological polar surface area (TPSA) is 60.4 Å². The Bertz CT molecular complexity index is 323. The maximum absolute atomic E-state index is 11.9. The molecule has 3 atom stereocenters. The van der Waals surface area contributed by atoms with Crippen LogP contribution in [0.4, 0.5) is 0 Å². The second-order valence-electron chi connectivity index (χ2n) is 4.56. The number of aldehydes is 1. The number of rotatable bonds is 7. The third kappa shape index (κ3) is 2.13. The van der Waals surface area contributed by atoms with Gasteiger partial charge in [-0.25, -0.2) is 0 Å². The van der Waals surface area contributed by atoms with Crippen molar-refractivity contribution in [3.63, 3.8) is 0 Å². The first kappa shape index (κ1) is 13.9. The van der Waals surface area contributed by atoms with Crippen molar-refractivity contribution in [1.29, 1.82) is 0 Å². The SMILES string of the molecule is CCCC[C@@H]1[C@@H](C=O)[C@@]1(C(C)=O)C(=O)OCC. The highest BCUT2D eigenvalue weighted by Crippen LogP contribution is 2.61. The highest BCUT2D eigenvalue weighted by molar-refractivity contribution is 6.10. The van der Waals surface area contributed by atoms with Crippen LogP contribution in [0.15, 0.2) is 0 Å². The predicted octanol–water partition coefficient (Wildman–Crippen LogP) is 1.76. The zero-order chi connectivity index (χ0) is 13.1. The standard InChI is InChI=1S/C13H20O4/c1-4-6-7-10-11(8-14)13(10,9(3)15)12(16)17-5-2/h8,10-11H,4-7H2,1-3H3/t10-,11-,13+/m1/s1. The van der Waals surface area contributed by atoms with Crippen LogP contribution in [-0.2, 0) is 19.1 Å². The van der Waals surface area contributed by atoms with Gasteiger partial charge in [-0.2, -0.15) is 0 Å². The molecule has 0 aromatic carbocycles. The minimum Gasteiger partial charge on any atom is -0.465 e. The van der Waals surface area contributed by atoms with Crippen LogP contribution in [0.1, 0.15) is 40.0 Å². The van der Waals surface area contributed by atoms with Gasteiger partial charge in [-0.3, -0.25) is 9.59 Å². The molecule has 1 fully saturated rings. The number of carbonyl (C=O) groups excluding carboxylic acids is 3. The molecule has 0 aromatic heterocycles. The smallest absolute Gasteiger partial charge is 0.320 e. The molecule has 1 rings (SSSR count). The summed E-state index contributed by atoms with van der Waals surface area (Å²) in [5.74, 6) is -1.40. The Morgan fingerprint density at radius 1 is 1.35 bits per heavy atom. The molecule has 1 aliphatic rings. The Hall–Kier alpha value is -1.19. The minimum atomic E-state index is -1.17. The van der Waals surface area contributed by atoms with Crippen molar-refractivity contribution in [2.75, 3.05) is 6.61 Å². The summed E-state index contributed by atoms with van der Waals surface area (Å²) < 4.78 is 4.95. The molecule has 0 heterocycles. The normalized spacial score (nSPS) is 30.8. The summed E-state index contributed by atoms with van der Waals surface area (Å²) in [5, 5.41) is 0. The maximum atomic E-state index is 11.9. The predicted molar refractivity (Wildman–Crippen MR) is 62.3 cm³/mol. The van der Waals surface area contributed by atoms with E-state index in [1.807, 2.05) is 6.92 Å². The number of hydrogen-bond acceptors (Lipinski definition) is 4. The van der Waals surface area contributed by atoms with Crippen LogP contribution >= 0.6 is 0 Å². The lowest BCUT2D eigenvalue weighted by Crippen LogP contribution is -2.30. The van der Waals surface area contributed by atoms with Gasteiger partial charge in [0.1, 0.15) is 17.5 Å². The summed E-state index contributed by atoms with van der Waals surface area (Å²) in [4.78, 5) is 34.6. The Morgan fingerprint density at radius 3 is 2.41 bits per heavy atom. The van der Waals surface area contributed by atoms with Gasteiger partial charge in [-0.05, 0) is 26.2 Å². The van der Waals surface area contributed by atoms with Gasteiger partial charge in [0, 0.05) is 5.92 Å².